The minimum Gasteiger partial charge on any atom is -0.502 e. The van der Waals surface area contributed by atoms with Crippen LogP contribution >= 0.6 is 0 Å². The molecule has 1 N–H and O–H groups in total. The lowest BCUT2D eigenvalue weighted by atomic mass is 10.1. The van der Waals surface area contributed by atoms with Crippen LogP contribution < -0.4 is 5.43 Å². The second-order valence-corrected chi connectivity index (χ2v) is 4.88. The van der Waals surface area contributed by atoms with Gasteiger partial charge in [-0.3, -0.25) is 4.79 Å². The third-order valence-electron chi connectivity index (χ3n) is 3.29. The van der Waals surface area contributed by atoms with Crippen LogP contribution in [0, 0.1) is 6.92 Å². The first-order valence-corrected chi connectivity index (χ1v) is 6.65. The summed E-state index contributed by atoms with van der Waals surface area (Å²) in [5.41, 5.74) is 2.12. The maximum Gasteiger partial charge on any atom is 0.227 e. The summed E-state index contributed by atoms with van der Waals surface area (Å²) >= 11 is 0. The Balaban J connectivity index is 2.19. The van der Waals surface area contributed by atoms with Gasteiger partial charge in [-0.2, -0.15) is 0 Å². The molecule has 3 nitrogen and oxygen atoms in total. The van der Waals surface area contributed by atoms with E-state index in [1.165, 1.54) is 6.07 Å². The number of aromatic hydroxyl groups is 1. The van der Waals surface area contributed by atoms with Crippen molar-refractivity contribution in [2.45, 2.75) is 6.92 Å². The number of benzene rings is 2. The Bertz CT molecular complexity index is 815. The molecule has 0 aliphatic carbocycles. The number of hydrogen-bond donors (Lipinski definition) is 1. The van der Waals surface area contributed by atoms with Gasteiger partial charge in [-0.05, 0) is 6.92 Å². The quantitative estimate of drug-likeness (QED) is 0.771. The van der Waals surface area contributed by atoms with Crippen molar-refractivity contribution < 1.29 is 9.52 Å². The summed E-state index contributed by atoms with van der Waals surface area (Å²) in [6.45, 7) is 1.97. The van der Waals surface area contributed by atoms with Crippen LogP contribution in [0.2, 0.25) is 0 Å². The Morgan fingerprint density at radius 1 is 0.905 bits per heavy atom. The molecule has 0 amide bonds. The van der Waals surface area contributed by atoms with Crippen LogP contribution in [-0.2, 0) is 0 Å². The standard InChI is InChI=1S/C18H14O3/c1-12-7-9-14(10-8-12)18-17(20)15(19)11-16(21-18)13-5-3-2-4-6-13/h2-11,20H,1H3. The zero-order valence-corrected chi connectivity index (χ0v) is 11.5. The van der Waals surface area contributed by atoms with E-state index in [4.69, 9.17) is 4.42 Å². The molecule has 1 aromatic heterocycles. The molecular weight excluding hydrogens is 264 g/mol. The molecular formula is C18H14O3. The molecule has 3 aromatic rings. The van der Waals surface area contributed by atoms with E-state index in [1.807, 2.05) is 61.5 Å². The molecule has 0 saturated heterocycles. The summed E-state index contributed by atoms with van der Waals surface area (Å²) in [6, 6.07) is 18.1. The lowest BCUT2D eigenvalue weighted by Gasteiger charge is -2.07. The molecule has 2 aromatic carbocycles. The van der Waals surface area contributed by atoms with E-state index in [2.05, 4.69) is 0 Å². The van der Waals surface area contributed by atoms with E-state index >= 15 is 0 Å². The first kappa shape index (κ1) is 13.2. The zero-order valence-electron chi connectivity index (χ0n) is 11.5. The monoisotopic (exact) mass is 278 g/mol. The minimum atomic E-state index is -0.448. The van der Waals surface area contributed by atoms with Crippen LogP contribution in [0.4, 0.5) is 0 Å². The normalized spacial score (nSPS) is 10.5. The summed E-state index contributed by atoms with van der Waals surface area (Å²) in [7, 11) is 0. The summed E-state index contributed by atoms with van der Waals surface area (Å²) in [5.74, 6) is 0.272. The van der Waals surface area contributed by atoms with Crippen LogP contribution in [0.25, 0.3) is 22.6 Å². The second-order valence-electron chi connectivity index (χ2n) is 4.88. The fourth-order valence-electron chi connectivity index (χ4n) is 2.13. The highest BCUT2D eigenvalue weighted by molar-refractivity contribution is 5.67. The van der Waals surface area contributed by atoms with Crippen molar-refractivity contribution >= 4 is 0 Å². The zero-order chi connectivity index (χ0) is 14.8. The molecule has 3 rings (SSSR count). The van der Waals surface area contributed by atoms with Crippen molar-refractivity contribution in [2.24, 2.45) is 0 Å². The Kier molecular flexibility index (Phi) is 3.32. The first-order valence-electron chi connectivity index (χ1n) is 6.65. The van der Waals surface area contributed by atoms with Crippen molar-refractivity contribution in [1.82, 2.24) is 0 Å². The Morgan fingerprint density at radius 3 is 2.24 bits per heavy atom. The van der Waals surface area contributed by atoms with Gasteiger partial charge in [0.25, 0.3) is 0 Å². The molecule has 0 atom stereocenters. The smallest absolute Gasteiger partial charge is 0.227 e. The van der Waals surface area contributed by atoms with E-state index in [1.54, 1.807) is 0 Å². The minimum absolute atomic E-state index is 0.196. The lowest BCUT2D eigenvalue weighted by Crippen LogP contribution is -2.01. The summed E-state index contributed by atoms with van der Waals surface area (Å²) in [5, 5.41) is 9.99. The molecule has 104 valence electrons. The first-order chi connectivity index (χ1) is 10.1. The molecule has 0 radical (unpaired) electrons. The molecule has 0 aliphatic heterocycles. The summed E-state index contributed by atoms with van der Waals surface area (Å²) in [6.07, 6.45) is 0. The second kappa shape index (κ2) is 5.29. The highest BCUT2D eigenvalue weighted by Crippen LogP contribution is 2.30. The van der Waals surface area contributed by atoms with E-state index < -0.39 is 5.43 Å². The summed E-state index contributed by atoms with van der Waals surface area (Å²) < 4.78 is 5.75. The molecule has 0 spiro atoms. The highest BCUT2D eigenvalue weighted by atomic mass is 16.4. The average Bonchev–Trinajstić information content (AvgIpc) is 2.52. The average molecular weight is 278 g/mol. The van der Waals surface area contributed by atoms with Crippen molar-refractivity contribution in [2.75, 3.05) is 0 Å². The molecule has 0 bridgehead atoms. The summed E-state index contributed by atoms with van der Waals surface area (Å²) in [4.78, 5) is 12.0. The number of rotatable bonds is 2. The van der Waals surface area contributed by atoms with Crippen molar-refractivity contribution in [3.05, 3.63) is 76.5 Å². The van der Waals surface area contributed by atoms with Crippen LogP contribution in [0.1, 0.15) is 5.56 Å². The van der Waals surface area contributed by atoms with Gasteiger partial charge in [0.1, 0.15) is 5.76 Å². The maximum atomic E-state index is 12.0. The Hall–Kier alpha value is -2.81. The van der Waals surface area contributed by atoms with Crippen LogP contribution in [0.15, 0.2) is 69.9 Å². The van der Waals surface area contributed by atoms with E-state index in [0.717, 1.165) is 11.1 Å². The fourth-order valence-corrected chi connectivity index (χ4v) is 2.13. The van der Waals surface area contributed by atoms with Gasteiger partial charge in [0.05, 0.1) is 0 Å². The van der Waals surface area contributed by atoms with E-state index in [0.29, 0.717) is 11.3 Å². The van der Waals surface area contributed by atoms with Gasteiger partial charge in [0.2, 0.25) is 11.2 Å². The lowest BCUT2D eigenvalue weighted by molar-refractivity contribution is 0.441. The number of aryl methyl sites for hydroxylation is 1. The van der Waals surface area contributed by atoms with Crippen molar-refractivity contribution in [1.29, 1.82) is 0 Å². The van der Waals surface area contributed by atoms with Crippen molar-refractivity contribution in [3.63, 3.8) is 0 Å². The third kappa shape index (κ3) is 2.58. The Morgan fingerprint density at radius 2 is 1.57 bits per heavy atom. The van der Waals surface area contributed by atoms with E-state index in [9.17, 15) is 9.90 Å². The maximum absolute atomic E-state index is 12.0. The van der Waals surface area contributed by atoms with Gasteiger partial charge in [-0.15, -0.1) is 0 Å². The van der Waals surface area contributed by atoms with Crippen molar-refractivity contribution in [3.8, 4) is 28.4 Å². The highest BCUT2D eigenvalue weighted by Gasteiger charge is 2.14. The third-order valence-corrected chi connectivity index (χ3v) is 3.29. The largest absolute Gasteiger partial charge is 0.502 e. The SMILES string of the molecule is Cc1ccc(-c2oc(-c3ccccc3)cc(=O)c2O)cc1. The van der Waals surface area contributed by atoms with Crippen LogP contribution in [0.5, 0.6) is 5.75 Å². The molecule has 0 fully saturated rings. The van der Waals surface area contributed by atoms with Crippen LogP contribution in [-0.4, -0.2) is 5.11 Å². The molecule has 0 unspecified atom stereocenters. The predicted octanol–water partition coefficient (Wildman–Crippen LogP) is 3.99. The molecule has 0 aliphatic rings. The van der Waals surface area contributed by atoms with Gasteiger partial charge < -0.3 is 9.52 Å². The number of hydrogen-bond acceptors (Lipinski definition) is 3. The predicted molar refractivity (Wildman–Crippen MR) is 82.3 cm³/mol. The molecule has 0 saturated carbocycles. The molecule has 1 heterocycles. The van der Waals surface area contributed by atoms with Gasteiger partial charge in [-0.25, -0.2) is 0 Å². The fraction of sp³-hybridized carbons (Fsp3) is 0.0556. The van der Waals surface area contributed by atoms with Gasteiger partial charge in [0, 0.05) is 17.2 Å². The Labute approximate surface area is 122 Å². The molecule has 21 heavy (non-hydrogen) atoms. The topological polar surface area (TPSA) is 50.4 Å². The van der Waals surface area contributed by atoms with Gasteiger partial charge >= 0.3 is 0 Å². The van der Waals surface area contributed by atoms with Gasteiger partial charge in [0.15, 0.2) is 5.76 Å². The van der Waals surface area contributed by atoms with Crippen LogP contribution in [0.3, 0.4) is 0 Å². The van der Waals surface area contributed by atoms with E-state index in [-0.39, 0.29) is 11.5 Å². The van der Waals surface area contributed by atoms with Gasteiger partial charge in [-0.1, -0.05) is 60.2 Å². The molecule has 3 heteroatoms.